The van der Waals surface area contributed by atoms with Crippen LogP contribution in [0.4, 0.5) is 0 Å². The number of hydrogen-bond donors (Lipinski definition) is 1. The second-order valence-electron chi connectivity index (χ2n) is 5.33. The Morgan fingerprint density at radius 1 is 1.48 bits per heavy atom. The lowest BCUT2D eigenvalue weighted by Gasteiger charge is -2.38. The first-order valence-electron chi connectivity index (χ1n) is 6.75. The summed E-state index contributed by atoms with van der Waals surface area (Å²) in [7, 11) is 2.04. The molecule has 2 aliphatic rings. The number of nitrogens with one attached hydrogen (secondary N) is 1. The quantitative estimate of drug-likeness (QED) is 0.854. The lowest BCUT2D eigenvalue weighted by Crippen LogP contribution is -3.11. The number of nitrogens with zero attached hydrogens (tertiary/aromatic N) is 2. The van der Waals surface area contributed by atoms with Gasteiger partial charge in [-0.2, -0.15) is 5.26 Å². The Labute approximate surface area is 133 Å². The molecule has 108 valence electrons. The number of nitriles is 1. The van der Waals surface area contributed by atoms with Crippen LogP contribution in [0.25, 0.3) is 0 Å². The number of quaternary nitrogens is 1. The van der Waals surface area contributed by atoms with Crippen molar-refractivity contribution < 1.29 is 9.69 Å². The van der Waals surface area contributed by atoms with Crippen LogP contribution >= 0.6 is 23.4 Å². The monoisotopic (exact) mass is 320 g/mol. The lowest BCUT2D eigenvalue weighted by atomic mass is 9.86. The summed E-state index contributed by atoms with van der Waals surface area (Å²) in [5.41, 5.74) is 1.53. The fourth-order valence-corrected chi connectivity index (χ4v) is 4.17. The normalized spacial score (nSPS) is 25.6. The Hall–Kier alpha value is -1.48. The fraction of sp³-hybridized carbons (Fsp3) is 0.333. The van der Waals surface area contributed by atoms with Crippen molar-refractivity contribution in [2.24, 2.45) is 0 Å². The minimum atomic E-state index is -0.228. The summed E-state index contributed by atoms with van der Waals surface area (Å²) in [6, 6.07) is 9.77. The van der Waals surface area contributed by atoms with Gasteiger partial charge in [0.25, 0.3) is 0 Å². The largest absolute Gasteiger partial charge is 0.311 e. The summed E-state index contributed by atoms with van der Waals surface area (Å²) in [5, 5.41) is 11.0. The second-order valence-corrected chi connectivity index (χ2v) is 6.71. The van der Waals surface area contributed by atoms with E-state index in [1.54, 1.807) is 22.7 Å². The van der Waals surface area contributed by atoms with Gasteiger partial charge in [-0.15, -0.1) is 0 Å². The maximum atomic E-state index is 12.4. The number of thioether (sulfide) groups is 1. The summed E-state index contributed by atoms with van der Waals surface area (Å²) in [6.07, 6.45) is 0.309. The summed E-state index contributed by atoms with van der Waals surface area (Å²) >= 11 is 7.84. The third-order valence-electron chi connectivity index (χ3n) is 3.79. The fourth-order valence-electron chi connectivity index (χ4n) is 2.77. The number of carbonyl (C=O) groups excluding carboxylic acids is 1. The number of hydrogen-bond acceptors (Lipinski definition) is 3. The van der Waals surface area contributed by atoms with E-state index in [-0.39, 0.29) is 11.8 Å². The van der Waals surface area contributed by atoms with Crippen LogP contribution in [0.1, 0.15) is 17.9 Å². The van der Waals surface area contributed by atoms with E-state index in [4.69, 9.17) is 11.6 Å². The van der Waals surface area contributed by atoms with Crippen molar-refractivity contribution in [3.63, 3.8) is 0 Å². The minimum Gasteiger partial charge on any atom is -0.311 e. The van der Waals surface area contributed by atoms with E-state index < -0.39 is 0 Å². The van der Waals surface area contributed by atoms with E-state index in [0.717, 1.165) is 16.5 Å². The molecule has 2 atom stereocenters. The first kappa shape index (κ1) is 14.5. The maximum absolute atomic E-state index is 12.4. The van der Waals surface area contributed by atoms with Crippen LogP contribution in [0.2, 0.25) is 5.02 Å². The van der Waals surface area contributed by atoms with Crippen molar-refractivity contribution >= 4 is 29.3 Å². The summed E-state index contributed by atoms with van der Waals surface area (Å²) in [4.78, 5) is 15.4. The molecule has 4 nitrogen and oxygen atoms in total. The Balaban J connectivity index is 2.08. The molecule has 1 N–H and O–H groups in total. The zero-order chi connectivity index (χ0) is 15.0. The average Bonchev–Trinajstić information content (AvgIpc) is 2.48. The Morgan fingerprint density at radius 3 is 2.95 bits per heavy atom. The highest BCUT2D eigenvalue weighted by Crippen LogP contribution is 2.42. The number of halogens is 1. The molecular formula is C15H15ClN3OS+. The Bertz CT molecular complexity index is 667. The highest BCUT2D eigenvalue weighted by atomic mass is 35.5. The van der Waals surface area contributed by atoms with Crippen LogP contribution in [0.5, 0.6) is 0 Å². The molecule has 21 heavy (non-hydrogen) atoms. The molecule has 1 amide bonds. The molecule has 0 bridgehead atoms. The maximum Gasteiger partial charge on any atom is 0.232 e. The number of allylic oxidation sites excluding steroid dienone is 1. The highest BCUT2D eigenvalue weighted by Gasteiger charge is 2.39. The van der Waals surface area contributed by atoms with Gasteiger partial charge in [-0.25, -0.2) is 0 Å². The molecule has 2 aliphatic heterocycles. The van der Waals surface area contributed by atoms with Crippen LogP contribution in [0.15, 0.2) is 34.9 Å². The highest BCUT2D eigenvalue weighted by molar-refractivity contribution is 8.02. The average molecular weight is 321 g/mol. The van der Waals surface area contributed by atoms with Crippen molar-refractivity contribution in [3.05, 3.63) is 45.5 Å². The predicted octanol–water partition coefficient (Wildman–Crippen LogP) is 1.57. The zero-order valence-electron chi connectivity index (χ0n) is 11.6. The summed E-state index contributed by atoms with van der Waals surface area (Å²) < 4.78 is 0. The van der Waals surface area contributed by atoms with Crippen LogP contribution in [-0.4, -0.2) is 30.4 Å². The number of amides is 1. The molecule has 1 fully saturated rings. The predicted molar refractivity (Wildman–Crippen MR) is 82.5 cm³/mol. The number of benzene rings is 1. The third kappa shape index (κ3) is 2.55. The van der Waals surface area contributed by atoms with Gasteiger partial charge in [-0.05, 0) is 23.4 Å². The zero-order valence-corrected chi connectivity index (χ0v) is 13.2. The Morgan fingerprint density at radius 2 is 2.24 bits per heavy atom. The lowest BCUT2D eigenvalue weighted by molar-refractivity contribution is -0.876. The first-order valence-corrected chi connectivity index (χ1v) is 8.11. The molecule has 3 rings (SSSR count). The molecule has 2 heterocycles. The van der Waals surface area contributed by atoms with Gasteiger partial charge >= 0.3 is 0 Å². The van der Waals surface area contributed by atoms with Gasteiger partial charge in [0.2, 0.25) is 5.91 Å². The van der Waals surface area contributed by atoms with Crippen molar-refractivity contribution in [3.8, 4) is 6.07 Å². The number of fused-ring (bicyclic) bond motifs is 1. The van der Waals surface area contributed by atoms with Gasteiger partial charge in [0.05, 0.1) is 18.7 Å². The van der Waals surface area contributed by atoms with E-state index in [2.05, 4.69) is 6.07 Å². The second kappa shape index (κ2) is 5.72. The molecule has 1 saturated heterocycles. The van der Waals surface area contributed by atoms with Crippen LogP contribution in [0.3, 0.4) is 0 Å². The van der Waals surface area contributed by atoms with E-state index in [9.17, 15) is 10.1 Å². The SMILES string of the molecule is C[NH+]1CSC2=C(C#N)[C@@H](c3ccccc3Cl)CC(=O)N2C1. The van der Waals surface area contributed by atoms with Gasteiger partial charge in [0.1, 0.15) is 10.9 Å². The standard InChI is InChI=1S/C15H14ClN3OS/c1-18-8-19-14(20)6-11(10-4-2-3-5-13(10)16)12(7-17)15(19)21-9-18/h2-5,11H,6,8-9H2,1H3/p+1/t11-/m1/s1. The van der Waals surface area contributed by atoms with Crippen molar-refractivity contribution in [2.45, 2.75) is 12.3 Å². The van der Waals surface area contributed by atoms with Gasteiger partial charge in [-0.1, -0.05) is 29.8 Å². The molecular weight excluding hydrogens is 306 g/mol. The van der Waals surface area contributed by atoms with Crippen LogP contribution in [0, 0.1) is 11.3 Å². The molecule has 0 radical (unpaired) electrons. The Kier molecular flexibility index (Phi) is 3.94. The van der Waals surface area contributed by atoms with E-state index in [1.807, 2.05) is 25.2 Å². The van der Waals surface area contributed by atoms with Crippen molar-refractivity contribution in [1.29, 1.82) is 5.26 Å². The van der Waals surface area contributed by atoms with Crippen LogP contribution in [-0.2, 0) is 4.79 Å². The van der Waals surface area contributed by atoms with Crippen molar-refractivity contribution in [2.75, 3.05) is 19.6 Å². The molecule has 6 heteroatoms. The summed E-state index contributed by atoms with van der Waals surface area (Å²) in [6.45, 7) is 0.627. The third-order valence-corrected chi connectivity index (χ3v) is 5.48. The van der Waals surface area contributed by atoms with Gasteiger partial charge in [-0.3, -0.25) is 9.69 Å². The molecule has 0 aliphatic carbocycles. The minimum absolute atomic E-state index is 0.0699. The first-order chi connectivity index (χ1) is 10.1. The molecule has 0 saturated carbocycles. The van der Waals surface area contributed by atoms with Crippen LogP contribution < -0.4 is 4.90 Å². The van der Waals surface area contributed by atoms with E-state index in [1.165, 1.54) is 4.90 Å². The number of carbonyl (C=O) groups is 1. The molecule has 0 spiro atoms. The molecule has 1 aromatic rings. The molecule has 0 aromatic heterocycles. The molecule has 1 unspecified atom stereocenters. The number of rotatable bonds is 1. The van der Waals surface area contributed by atoms with E-state index >= 15 is 0 Å². The van der Waals surface area contributed by atoms with Gasteiger partial charge < -0.3 is 4.90 Å². The topological polar surface area (TPSA) is 48.5 Å². The van der Waals surface area contributed by atoms with Gasteiger partial charge in [0.15, 0.2) is 6.67 Å². The smallest absolute Gasteiger partial charge is 0.232 e. The van der Waals surface area contributed by atoms with E-state index in [0.29, 0.717) is 23.7 Å². The van der Waals surface area contributed by atoms with Gasteiger partial charge in [0, 0.05) is 17.4 Å². The molecule has 1 aromatic carbocycles. The summed E-state index contributed by atoms with van der Waals surface area (Å²) in [5.74, 6) is 0.702. The van der Waals surface area contributed by atoms with Crippen molar-refractivity contribution in [1.82, 2.24) is 4.90 Å².